The smallest absolute Gasteiger partial charge is 0.317 e. The van der Waals surface area contributed by atoms with Gasteiger partial charge < -0.3 is 10.2 Å². The molecule has 0 saturated carbocycles. The van der Waals surface area contributed by atoms with E-state index in [-0.39, 0.29) is 19.1 Å². The Morgan fingerprint density at radius 3 is 3.00 bits per heavy atom. The Labute approximate surface area is 89.3 Å². The van der Waals surface area contributed by atoms with Crippen molar-refractivity contribution in [3.05, 3.63) is 11.6 Å². The number of carbonyl (C=O) groups is 1. The fraction of sp³-hybridized carbons (Fsp3) is 0.727. The average molecular weight is 212 g/mol. The van der Waals surface area contributed by atoms with Crippen molar-refractivity contribution in [3.63, 3.8) is 0 Å². The average Bonchev–Trinajstić information content (AvgIpc) is 2.65. The van der Waals surface area contributed by atoms with Crippen LogP contribution in [0.5, 0.6) is 0 Å². The zero-order valence-corrected chi connectivity index (χ0v) is 8.84. The molecule has 2 rings (SSSR count). The van der Waals surface area contributed by atoms with Crippen molar-refractivity contribution in [3.8, 4) is 0 Å². The lowest BCUT2D eigenvalue weighted by molar-refractivity contribution is 0.0900. The molecule has 2 aliphatic rings. The summed E-state index contributed by atoms with van der Waals surface area (Å²) >= 11 is 0. The summed E-state index contributed by atoms with van der Waals surface area (Å²) in [5.74, 6) is 0. The van der Waals surface area contributed by atoms with Crippen molar-refractivity contribution in [1.82, 2.24) is 10.2 Å². The number of urea groups is 1. The van der Waals surface area contributed by atoms with Gasteiger partial charge in [0.15, 0.2) is 0 Å². The molecule has 3 nitrogen and oxygen atoms in total. The van der Waals surface area contributed by atoms with Crippen molar-refractivity contribution in [2.75, 3.05) is 19.6 Å². The first-order chi connectivity index (χ1) is 7.25. The molecular weight excluding hydrogens is 195 g/mol. The van der Waals surface area contributed by atoms with Crippen LogP contribution in [0.15, 0.2) is 11.6 Å². The number of alkyl halides is 1. The molecule has 1 saturated heterocycles. The highest BCUT2D eigenvalue weighted by molar-refractivity contribution is 5.75. The first kappa shape index (κ1) is 10.5. The van der Waals surface area contributed by atoms with Gasteiger partial charge in [-0.1, -0.05) is 11.6 Å². The molecule has 1 N–H and O–H groups in total. The molecule has 1 aliphatic heterocycles. The van der Waals surface area contributed by atoms with Crippen LogP contribution in [0.1, 0.15) is 25.7 Å². The highest BCUT2D eigenvalue weighted by Crippen LogP contribution is 2.19. The minimum absolute atomic E-state index is 0.123. The molecule has 0 aromatic carbocycles. The lowest BCUT2D eigenvalue weighted by atomic mass is 10.1. The first-order valence-corrected chi connectivity index (χ1v) is 5.60. The van der Waals surface area contributed by atoms with Crippen LogP contribution in [0.4, 0.5) is 9.18 Å². The summed E-state index contributed by atoms with van der Waals surface area (Å²) in [4.78, 5) is 12.9. The molecular formula is C11H17FN2O. The second kappa shape index (κ2) is 4.64. The van der Waals surface area contributed by atoms with Gasteiger partial charge in [-0.2, -0.15) is 0 Å². The molecule has 0 radical (unpaired) electrons. The molecule has 1 aliphatic carbocycles. The predicted octanol–water partition coefficient (Wildman–Crippen LogP) is 1.85. The second-order valence-corrected chi connectivity index (χ2v) is 4.24. The lowest BCUT2D eigenvalue weighted by Gasteiger charge is -2.34. The Hall–Kier alpha value is -1.06. The van der Waals surface area contributed by atoms with E-state index in [2.05, 4.69) is 11.4 Å². The maximum atomic E-state index is 12.5. The second-order valence-electron chi connectivity index (χ2n) is 4.24. The normalized spacial score (nSPS) is 21.1. The predicted molar refractivity (Wildman–Crippen MR) is 56.4 cm³/mol. The third kappa shape index (κ3) is 2.70. The van der Waals surface area contributed by atoms with Gasteiger partial charge in [0.1, 0.15) is 6.17 Å². The van der Waals surface area contributed by atoms with E-state index in [0.29, 0.717) is 6.54 Å². The molecule has 0 unspecified atom stereocenters. The fourth-order valence-electron chi connectivity index (χ4n) is 2.00. The Bertz CT molecular complexity index is 272. The number of nitrogens with zero attached hydrogens (tertiary/aromatic N) is 1. The van der Waals surface area contributed by atoms with Gasteiger partial charge in [-0.25, -0.2) is 9.18 Å². The van der Waals surface area contributed by atoms with Crippen LogP contribution in [0.2, 0.25) is 0 Å². The Balaban J connectivity index is 1.59. The largest absolute Gasteiger partial charge is 0.338 e. The van der Waals surface area contributed by atoms with Crippen LogP contribution >= 0.6 is 0 Å². The summed E-state index contributed by atoms with van der Waals surface area (Å²) in [6.07, 6.45) is 5.99. The van der Waals surface area contributed by atoms with Crippen LogP contribution < -0.4 is 5.32 Å². The van der Waals surface area contributed by atoms with E-state index in [1.165, 1.54) is 29.7 Å². The van der Waals surface area contributed by atoms with E-state index in [4.69, 9.17) is 0 Å². The number of allylic oxidation sites excluding steroid dienone is 1. The maximum absolute atomic E-state index is 12.5. The van der Waals surface area contributed by atoms with E-state index in [1.54, 1.807) is 0 Å². The number of likely N-dealkylation sites (tertiary alicyclic amines) is 1. The molecule has 0 aromatic heterocycles. The molecule has 0 aromatic rings. The van der Waals surface area contributed by atoms with Crippen LogP contribution in [0.3, 0.4) is 0 Å². The minimum Gasteiger partial charge on any atom is -0.338 e. The van der Waals surface area contributed by atoms with Crippen LogP contribution in [-0.4, -0.2) is 36.7 Å². The van der Waals surface area contributed by atoms with Crippen LogP contribution in [-0.2, 0) is 0 Å². The summed E-state index contributed by atoms with van der Waals surface area (Å²) in [5.41, 5.74) is 1.45. The number of hydrogen-bond donors (Lipinski definition) is 1. The zero-order chi connectivity index (χ0) is 10.7. The molecule has 4 heteroatoms. The number of rotatable bonds is 3. The van der Waals surface area contributed by atoms with Crippen molar-refractivity contribution >= 4 is 6.03 Å². The first-order valence-electron chi connectivity index (χ1n) is 5.60. The highest BCUT2D eigenvalue weighted by atomic mass is 19.1. The van der Waals surface area contributed by atoms with Gasteiger partial charge in [-0.15, -0.1) is 0 Å². The van der Waals surface area contributed by atoms with Crippen LogP contribution in [0, 0.1) is 0 Å². The Kier molecular flexibility index (Phi) is 3.23. The summed E-state index contributed by atoms with van der Waals surface area (Å²) in [6.45, 7) is 1.20. The van der Waals surface area contributed by atoms with E-state index in [9.17, 15) is 9.18 Å². The molecule has 0 spiro atoms. The highest BCUT2D eigenvalue weighted by Gasteiger charge is 2.29. The molecule has 1 heterocycles. The number of amides is 2. The van der Waals surface area contributed by atoms with Crippen molar-refractivity contribution in [2.24, 2.45) is 0 Å². The molecule has 2 amide bonds. The molecule has 15 heavy (non-hydrogen) atoms. The maximum Gasteiger partial charge on any atom is 0.317 e. The third-order valence-electron chi connectivity index (χ3n) is 2.98. The van der Waals surface area contributed by atoms with E-state index in [0.717, 1.165) is 6.42 Å². The van der Waals surface area contributed by atoms with E-state index < -0.39 is 6.17 Å². The topological polar surface area (TPSA) is 32.3 Å². The fourth-order valence-corrected chi connectivity index (χ4v) is 2.00. The van der Waals surface area contributed by atoms with Crippen LogP contribution in [0.25, 0.3) is 0 Å². The summed E-state index contributed by atoms with van der Waals surface area (Å²) in [5, 5.41) is 2.81. The lowest BCUT2D eigenvalue weighted by Crippen LogP contribution is -2.55. The molecule has 0 atom stereocenters. The summed E-state index contributed by atoms with van der Waals surface area (Å²) in [7, 11) is 0. The van der Waals surface area contributed by atoms with E-state index >= 15 is 0 Å². The Morgan fingerprint density at radius 2 is 2.40 bits per heavy atom. The number of carbonyl (C=O) groups excluding carboxylic acids is 1. The number of nitrogens with one attached hydrogen (secondary N) is 1. The quantitative estimate of drug-likeness (QED) is 0.711. The SMILES string of the molecule is O=C(NCCC1=CCCC1)N1CC(F)C1. The minimum atomic E-state index is -0.812. The summed E-state index contributed by atoms with van der Waals surface area (Å²) < 4.78 is 12.5. The molecule has 0 bridgehead atoms. The number of halogens is 1. The van der Waals surface area contributed by atoms with Crippen molar-refractivity contribution < 1.29 is 9.18 Å². The molecule has 1 fully saturated rings. The van der Waals surface area contributed by atoms with Gasteiger partial charge >= 0.3 is 6.03 Å². The molecule has 84 valence electrons. The van der Waals surface area contributed by atoms with Gasteiger partial charge in [0.2, 0.25) is 0 Å². The number of hydrogen-bond acceptors (Lipinski definition) is 1. The zero-order valence-electron chi connectivity index (χ0n) is 8.84. The van der Waals surface area contributed by atoms with Crippen molar-refractivity contribution in [1.29, 1.82) is 0 Å². The van der Waals surface area contributed by atoms with Gasteiger partial charge in [0, 0.05) is 6.54 Å². The standard InChI is InChI=1S/C11H17FN2O/c12-10-7-14(8-10)11(15)13-6-5-9-3-1-2-4-9/h3,10H,1-2,4-8H2,(H,13,15). The monoisotopic (exact) mass is 212 g/mol. The van der Waals surface area contributed by atoms with E-state index in [1.807, 2.05) is 0 Å². The van der Waals surface area contributed by atoms with Gasteiger partial charge in [0.05, 0.1) is 13.1 Å². The van der Waals surface area contributed by atoms with Gasteiger partial charge in [-0.3, -0.25) is 0 Å². The van der Waals surface area contributed by atoms with Crippen molar-refractivity contribution in [2.45, 2.75) is 31.9 Å². The van der Waals surface area contributed by atoms with Gasteiger partial charge in [0.25, 0.3) is 0 Å². The third-order valence-corrected chi connectivity index (χ3v) is 2.98. The Morgan fingerprint density at radius 1 is 1.60 bits per heavy atom. The summed E-state index contributed by atoms with van der Waals surface area (Å²) in [6, 6.07) is -0.123. The van der Waals surface area contributed by atoms with Gasteiger partial charge in [-0.05, 0) is 25.7 Å².